The zero-order valence-corrected chi connectivity index (χ0v) is 11.8. The van der Waals surface area contributed by atoms with E-state index in [0.717, 1.165) is 31.2 Å². The zero-order chi connectivity index (χ0) is 14.4. The second-order valence-electron chi connectivity index (χ2n) is 5.63. The third kappa shape index (κ3) is 4.05. The van der Waals surface area contributed by atoms with Gasteiger partial charge in [-0.25, -0.2) is 0 Å². The number of hydrogen-bond donors (Lipinski definition) is 3. The van der Waals surface area contributed by atoms with Crippen molar-refractivity contribution >= 4 is 5.91 Å². The molecular weight excluding hydrogens is 252 g/mol. The molecule has 0 saturated heterocycles. The molecule has 0 radical (unpaired) electrons. The van der Waals surface area contributed by atoms with Crippen LogP contribution in [0.3, 0.4) is 0 Å². The maximum absolute atomic E-state index is 12.3. The molecule has 0 heterocycles. The fraction of sp³-hybridized carbons (Fsp3) is 0.562. The van der Waals surface area contributed by atoms with Gasteiger partial charge in [-0.3, -0.25) is 4.79 Å². The number of carbonyl (C=O) groups is 1. The van der Waals surface area contributed by atoms with Crippen molar-refractivity contribution in [3.63, 3.8) is 0 Å². The van der Waals surface area contributed by atoms with E-state index in [1.807, 2.05) is 30.3 Å². The van der Waals surface area contributed by atoms with Gasteiger partial charge >= 0.3 is 0 Å². The maximum atomic E-state index is 12.3. The first-order valence-corrected chi connectivity index (χ1v) is 7.41. The lowest BCUT2D eigenvalue weighted by atomic mass is 9.84. The number of rotatable bonds is 5. The Hall–Kier alpha value is -1.39. The molecule has 0 spiro atoms. The topological polar surface area (TPSA) is 75.4 Å². The Morgan fingerprint density at radius 1 is 1.30 bits per heavy atom. The largest absolute Gasteiger partial charge is 0.394 e. The van der Waals surface area contributed by atoms with Crippen LogP contribution in [0.4, 0.5) is 0 Å². The van der Waals surface area contributed by atoms with Gasteiger partial charge in [0, 0.05) is 6.04 Å². The summed E-state index contributed by atoms with van der Waals surface area (Å²) in [6, 6.07) is 9.60. The van der Waals surface area contributed by atoms with Gasteiger partial charge in [-0.1, -0.05) is 43.2 Å². The first-order valence-electron chi connectivity index (χ1n) is 7.41. The summed E-state index contributed by atoms with van der Waals surface area (Å²) in [6.45, 7) is -0.0530. The molecule has 3 atom stereocenters. The van der Waals surface area contributed by atoms with Gasteiger partial charge in [-0.15, -0.1) is 0 Å². The molecule has 4 heteroatoms. The van der Waals surface area contributed by atoms with Crippen LogP contribution in [0.15, 0.2) is 30.3 Å². The first-order chi connectivity index (χ1) is 9.70. The molecule has 110 valence electrons. The third-order valence-corrected chi connectivity index (χ3v) is 4.05. The fourth-order valence-corrected chi connectivity index (χ4v) is 2.85. The van der Waals surface area contributed by atoms with E-state index in [4.69, 9.17) is 5.73 Å². The number of carbonyl (C=O) groups excluding carboxylic acids is 1. The molecule has 1 aromatic rings. The Kier molecular flexibility index (Phi) is 5.56. The van der Waals surface area contributed by atoms with Gasteiger partial charge in [0.05, 0.1) is 18.6 Å². The van der Waals surface area contributed by atoms with Crippen LogP contribution in [0.1, 0.15) is 31.2 Å². The van der Waals surface area contributed by atoms with Gasteiger partial charge in [0.25, 0.3) is 0 Å². The molecule has 1 fully saturated rings. The van der Waals surface area contributed by atoms with Crippen LogP contribution in [0, 0.1) is 5.92 Å². The van der Waals surface area contributed by atoms with Gasteiger partial charge in [0.15, 0.2) is 0 Å². The standard InChI is InChI=1S/C16H24N2O2/c17-15-9-5-4-8-14(15)16(20)18-13(11-19)10-12-6-2-1-3-7-12/h1-3,6-7,13-15,19H,4-5,8-11,17H2,(H,18,20). The van der Waals surface area contributed by atoms with E-state index in [2.05, 4.69) is 5.32 Å². The SMILES string of the molecule is NC1CCCCC1C(=O)NC(CO)Cc1ccccc1. The van der Waals surface area contributed by atoms with Gasteiger partial charge in [-0.05, 0) is 24.8 Å². The van der Waals surface area contributed by atoms with Crippen LogP contribution in [-0.4, -0.2) is 29.7 Å². The average Bonchev–Trinajstić information content (AvgIpc) is 2.48. The normalized spacial score (nSPS) is 24.1. The van der Waals surface area contributed by atoms with Crippen LogP contribution in [0.25, 0.3) is 0 Å². The van der Waals surface area contributed by atoms with Crippen molar-refractivity contribution in [1.29, 1.82) is 0 Å². The highest BCUT2D eigenvalue weighted by Crippen LogP contribution is 2.23. The van der Waals surface area contributed by atoms with E-state index >= 15 is 0 Å². The van der Waals surface area contributed by atoms with Crippen LogP contribution in [0.5, 0.6) is 0 Å². The first kappa shape index (κ1) is 15.0. The van der Waals surface area contributed by atoms with Crippen LogP contribution in [-0.2, 0) is 11.2 Å². The predicted molar refractivity (Wildman–Crippen MR) is 79.1 cm³/mol. The van der Waals surface area contributed by atoms with E-state index in [-0.39, 0.29) is 30.5 Å². The van der Waals surface area contributed by atoms with Gasteiger partial charge in [0.2, 0.25) is 5.91 Å². The van der Waals surface area contributed by atoms with E-state index in [0.29, 0.717) is 6.42 Å². The van der Waals surface area contributed by atoms with Crippen LogP contribution >= 0.6 is 0 Å². The van der Waals surface area contributed by atoms with Crippen molar-refractivity contribution in [3.05, 3.63) is 35.9 Å². The number of nitrogens with one attached hydrogen (secondary N) is 1. The Bertz CT molecular complexity index is 422. The molecule has 3 unspecified atom stereocenters. The van der Waals surface area contributed by atoms with E-state index in [9.17, 15) is 9.90 Å². The highest BCUT2D eigenvalue weighted by Gasteiger charge is 2.29. The molecule has 1 saturated carbocycles. The van der Waals surface area contributed by atoms with Crippen molar-refractivity contribution in [1.82, 2.24) is 5.32 Å². The molecule has 4 nitrogen and oxygen atoms in total. The van der Waals surface area contributed by atoms with E-state index < -0.39 is 0 Å². The number of aliphatic hydroxyl groups excluding tert-OH is 1. The van der Waals surface area contributed by atoms with E-state index in [1.54, 1.807) is 0 Å². The molecule has 1 amide bonds. The van der Waals surface area contributed by atoms with E-state index in [1.165, 1.54) is 0 Å². The molecule has 0 aliphatic heterocycles. The lowest BCUT2D eigenvalue weighted by molar-refractivity contribution is -0.127. The summed E-state index contributed by atoms with van der Waals surface area (Å²) in [5.41, 5.74) is 7.14. The molecule has 1 aliphatic carbocycles. The molecule has 0 bridgehead atoms. The quantitative estimate of drug-likeness (QED) is 0.757. The monoisotopic (exact) mass is 276 g/mol. The Labute approximate surface area is 120 Å². The highest BCUT2D eigenvalue weighted by atomic mass is 16.3. The average molecular weight is 276 g/mol. The number of hydrogen-bond acceptors (Lipinski definition) is 3. The minimum atomic E-state index is -0.237. The summed E-state index contributed by atoms with van der Waals surface area (Å²) < 4.78 is 0. The van der Waals surface area contributed by atoms with Crippen LogP contribution in [0.2, 0.25) is 0 Å². The number of aliphatic hydroxyl groups is 1. The summed E-state index contributed by atoms with van der Waals surface area (Å²) >= 11 is 0. The molecule has 2 rings (SSSR count). The third-order valence-electron chi connectivity index (χ3n) is 4.05. The molecular formula is C16H24N2O2. The maximum Gasteiger partial charge on any atom is 0.224 e. The summed E-state index contributed by atoms with van der Waals surface area (Å²) in [7, 11) is 0. The summed E-state index contributed by atoms with van der Waals surface area (Å²) in [6.07, 6.45) is 4.59. The van der Waals surface area contributed by atoms with Crippen LogP contribution < -0.4 is 11.1 Å². The van der Waals surface area contributed by atoms with Crippen molar-refractivity contribution in [3.8, 4) is 0 Å². The van der Waals surface area contributed by atoms with Crippen molar-refractivity contribution in [2.75, 3.05) is 6.61 Å². The van der Waals surface area contributed by atoms with Crippen molar-refractivity contribution < 1.29 is 9.90 Å². The van der Waals surface area contributed by atoms with Crippen molar-refractivity contribution in [2.24, 2.45) is 11.7 Å². The zero-order valence-electron chi connectivity index (χ0n) is 11.8. The summed E-state index contributed by atoms with van der Waals surface area (Å²) in [5, 5.41) is 12.4. The highest BCUT2D eigenvalue weighted by molar-refractivity contribution is 5.79. The van der Waals surface area contributed by atoms with Crippen molar-refractivity contribution in [2.45, 2.75) is 44.2 Å². The fourth-order valence-electron chi connectivity index (χ4n) is 2.85. The smallest absolute Gasteiger partial charge is 0.224 e. The lowest BCUT2D eigenvalue weighted by Crippen LogP contribution is -2.48. The van der Waals surface area contributed by atoms with Gasteiger partial charge in [0.1, 0.15) is 0 Å². The number of benzene rings is 1. The minimum Gasteiger partial charge on any atom is -0.394 e. The Balaban J connectivity index is 1.90. The number of amides is 1. The molecule has 20 heavy (non-hydrogen) atoms. The molecule has 4 N–H and O–H groups in total. The van der Waals surface area contributed by atoms with Gasteiger partial charge < -0.3 is 16.2 Å². The molecule has 1 aliphatic rings. The summed E-state index contributed by atoms with van der Waals surface area (Å²) in [5.74, 6) is -0.110. The second-order valence-corrected chi connectivity index (χ2v) is 5.63. The minimum absolute atomic E-state index is 0.00724. The molecule has 0 aromatic heterocycles. The van der Waals surface area contributed by atoms with Gasteiger partial charge in [-0.2, -0.15) is 0 Å². The Morgan fingerprint density at radius 3 is 2.65 bits per heavy atom. The number of nitrogens with two attached hydrogens (primary N) is 1. The second kappa shape index (κ2) is 7.41. The lowest BCUT2D eigenvalue weighted by Gasteiger charge is -2.29. The Morgan fingerprint density at radius 2 is 2.00 bits per heavy atom. The predicted octanol–water partition coefficient (Wildman–Crippen LogP) is 1.22. The summed E-state index contributed by atoms with van der Waals surface area (Å²) in [4.78, 5) is 12.3. The molecule has 1 aromatic carbocycles.